The summed E-state index contributed by atoms with van der Waals surface area (Å²) >= 11 is 0. The molecule has 0 aromatic heterocycles. The molecule has 1 N–H and O–H groups in total. The van der Waals surface area contributed by atoms with Gasteiger partial charge < -0.3 is 9.84 Å². The van der Waals surface area contributed by atoms with Gasteiger partial charge in [-0.15, -0.1) is 0 Å². The van der Waals surface area contributed by atoms with Gasteiger partial charge in [0.1, 0.15) is 11.9 Å². The molecular formula is C24H26O2. The maximum Gasteiger partial charge on any atom is 0.127 e. The average Bonchev–Trinajstić information content (AvgIpc) is 2.68. The highest BCUT2D eigenvalue weighted by Crippen LogP contribution is 2.32. The van der Waals surface area contributed by atoms with Gasteiger partial charge in [0.15, 0.2) is 0 Å². The third-order valence-electron chi connectivity index (χ3n) is 4.54. The minimum absolute atomic E-state index is 0.0136. The lowest BCUT2D eigenvalue weighted by molar-refractivity contribution is 0.104. The van der Waals surface area contributed by atoms with Crippen LogP contribution in [0.4, 0.5) is 0 Å². The molecule has 0 bridgehead atoms. The van der Waals surface area contributed by atoms with Crippen molar-refractivity contribution >= 4 is 0 Å². The number of aliphatic hydroxyl groups excluding tert-OH is 1. The third-order valence-corrected chi connectivity index (χ3v) is 4.54. The SMILES string of the molecule is CCC(CC(C)O)Oc1ccccc1-c1ccc(-c2ccccc2)cc1. The monoisotopic (exact) mass is 346 g/mol. The van der Waals surface area contributed by atoms with E-state index in [4.69, 9.17) is 4.74 Å². The van der Waals surface area contributed by atoms with Gasteiger partial charge in [-0.05, 0) is 36.1 Å². The number of hydrogen-bond donors (Lipinski definition) is 1. The predicted molar refractivity (Wildman–Crippen MR) is 108 cm³/mol. The molecule has 0 aliphatic rings. The maximum atomic E-state index is 9.68. The van der Waals surface area contributed by atoms with Crippen LogP contribution >= 0.6 is 0 Å². The Bertz CT molecular complexity index is 807. The quantitative estimate of drug-likeness (QED) is 0.573. The summed E-state index contributed by atoms with van der Waals surface area (Å²) in [5, 5.41) is 9.68. The lowest BCUT2D eigenvalue weighted by atomic mass is 9.99. The molecule has 0 aliphatic heterocycles. The normalized spacial score (nSPS) is 13.2. The lowest BCUT2D eigenvalue weighted by Crippen LogP contribution is -2.21. The van der Waals surface area contributed by atoms with Gasteiger partial charge in [0.2, 0.25) is 0 Å². The molecule has 2 unspecified atom stereocenters. The largest absolute Gasteiger partial charge is 0.490 e. The first-order valence-electron chi connectivity index (χ1n) is 9.27. The van der Waals surface area contributed by atoms with Gasteiger partial charge in [0.05, 0.1) is 6.10 Å². The van der Waals surface area contributed by atoms with Crippen LogP contribution in [0.2, 0.25) is 0 Å². The van der Waals surface area contributed by atoms with Crippen molar-refractivity contribution in [2.45, 2.75) is 38.9 Å². The first-order valence-corrected chi connectivity index (χ1v) is 9.27. The van der Waals surface area contributed by atoms with Crippen LogP contribution < -0.4 is 4.74 Å². The van der Waals surface area contributed by atoms with Crippen LogP contribution in [-0.2, 0) is 0 Å². The fourth-order valence-electron chi connectivity index (χ4n) is 3.14. The zero-order valence-corrected chi connectivity index (χ0v) is 15.4. The molecule has 0 amide bonds. The molecular weight excluding hydrogens is 320 g/mol. The maximum absolute atomic E-state index is 9.68. The lowest BCUT2D eigenvalue weighted by Gasteiger charge is -2.21. The molecule has 134 valence electrons. The topological polar surface area (TPSA) is 29.5 Å². The number of benzene rings is 3. The zero-order chi connectivity index (χ0) is 18.4. The molecule has 2 atom stereocenters. The van der Waals surface area contributed by atoms with E-state index >= 15 is 0 Å². The Morgan fingerprint density at radius 2 is 1.35 bits per heavy atom. The number of aliphatic hydroxyl groups is 1. The molecule has 0 radical (unpaired) electrons. The number of rotatable bonds is 7. The van der Waals surface area contributed by atoms with Crippen molar-refractivity contribution in [1.82, 2.24) is 0 Å². The van der Waals surface area contributed by atoms with Gasteiger partial charge in [0.25, 0.3) is 0 Å². The highest BCUT2D eigenvalue weighted by molar-refractivity contribution is 5.74. The first-order chi connectivity index (χ1) is 12.7. The molecule has 3 aromatic rings. The van der Waals surface area contributed by atoms with E-state index in [1.165, 1.54) is 11.1 Å². The van der Waals surface area contributed by atoms with E-state index in [0.29, 0.717) is 6.42 Å². The Labute approximate surface area is 156 Å². The molecule has 26 heavy (non-hydrogen) atoms. The molecule has 0 saturated carbocycles. The van der Waals surface area contributed by atoms with E-state index in [-0.39, 0.29) is 12.2 Å². The third kappa shape index (κ3) is 4.53. The summed E-state index contributed by atoms with van der Waals surface area (Å²) < 4.78 is 6.21. The smallest absolute Gasteiger partial charge is 0.127 e. The van der Waals surface area contributed by atoms with E-state index in [9.17, 15) is 5.11 Å². The Morgan fingerprint density at radius 1 is 0.769 bits per heavy atom. The Balaban J connectivity index is 1.85. The Kier molecular flexibility index (Phi) is 6.08. The highest BCUT2D eigenvalue weighted by atomic mass is 16.5. The Morgan fingerprint density at radius 3 is 2.00 bits per heavy atom. The molecule has 0 spiro atoms. The van der Waals surface area contributed by atoms with Crippen molar-refractivity contribution in [2.75, 3.05) is 0 Å². The molecule has 3 rings (SSSR count). The highest BCUT2D eigenvalue weighted by Gasteiger charge is 2.14. The van der Waals surface area contributed by atoms with E-state index in [1.807, 2.05) is 24.3 Å². The number of hydrogen-bond acceptors (Lipinski definition) is 2. The van der Waals surface area contributed by atoms with Crippen LogP contribution in [0.25, 0.3) is 22.3 Å². The van der Waals surface area contributed by atoms with Crippen LogP contribution in [0.3, 0.4) is 0 Å². The molecule has 2 nitrogen and oxygen atoms in total. The van der Waals surface area contributed by atoms with Crippen molar-refractivity contribution in [2.24, 2.45) is 0 Å². The second kappa shape index (κ2) is 8.68. The van der Waals surface area contributed by atoms with Gasteiger partial charge in [0, 0.05) is 12.0 Å². The van der Waals surface area contributed by atoms with E-state index in [0.717, 1.165) is 23.3 Å². The van der Waals surface area contributed by atoms with Crippen LogP contribution in [0.1, 0.15) is 26.7 Å². The van der Waals surface area contributed by atoms with E-state index in [1.54, 1.807) is 6.92 Å². The number of para-hydroxylation sites is 1. The van der Waals surface area contributed by atoms with Crippen molar-refractivity contribution in [3.05, 3.63) is 78.9 Å². The second-order valence-corrected chi connectivity index (χ2v) is 6.67. The average molecular weight is 346 g/mol. The van der Waals surface area contributed by atoms with Gasteiger partial charge in [-0.1, -0.05) is 79.7 Å². The van der Waals surface area contributed by atoms with Crippen molar-refractivity contribution in [3.63, 3.8) is 0 Å². The van der Waals surface area contributed by atoms with Gasteiger partial charge in [-0.3, -0.25) is 0 Å². The Hall–Kier alpha value is -2.58. The first kappa shape index (κ1) is 18.2. The minimum atomic E-state index is -0.364. The van der Waals surface area contributed by atoms with E-state index < -0.39 is 0 Å². The van der Waals surface area contributed by atoms with Crippen molar-refractivity contribution < 1.29 is 9.84 Å². The van der Waals surface area contributed by atoms with Crippen molar-refractivity contribution in [3.8, 4) is 28.0 Å². The fraction of sp³-hybridized carbons (Fsp3) is 0.250. The summed E-state index contributed by atoms with van der Waals surface area (Å²) in [6.07, 6.45) is 1.15. The predicted octanol–water partition coefficient (Wildman–Crippen LogP) is 5.95. The minimum Gasteiger partial charge on any atom is -0.490 e. The fourth-order valence-corrected chi connectivity index (χ4v) is 3.14. The summed E-state index contributed by atoms with van der Waals surface area (Å²) in [5.74, 6) is 0.868. The molecule has 0 saturated heterocycles. The van der Waals surface area contributed by atoms with E-state index in [2.05, 4.69) is 61.5 Å². The van der Waals surface area contributed by atoms with Gasteiger partial charge >= 0.3 is 0 Å². The summed E-state index contributed by atoms with van der Waals surface area (Å²) in [6, 6.07) is 27.1. The number of ether oxygens (including phenoxy) is 1. The van der Waals surface area contributed by atoms with Crippen LogP contribution in [0.15, 0.2) is 78.9 Å². The molecule has 0 fully saturated rings. The van der Waals surface area contributed by atoms with Crippen LogP contribution in [0.5, 0.6) is 5.75 Å². The summed E-state index contributed by atoms with van der Waals surface area (Å²) in [4.78, 5) is 0. The van der Waals surface area contributed by atoms with Crippen molar-refractivity contribution in [1.29, 1.82) is 0 Å². The van der Waals surface area contributed by atoms with Gasteiger partial charge in [-0.25, -0.2) is 0 Å². The molecule has 0 aliphatic carbocycles. The second-order valence-electron chi connectivity index (χ2n) is 6.67. The zero-order valence-electron chi connectivity index (χ0n) is 15.4. The van der Waals surface area contributed by atoms with Crippen LogP contribution in [-0.4, -0.2) is 17.3 Å². The summed E-state index contributed by atoms with van der Waals surface area (Å²) in [6.45, 7) is 3.89. The summed E-state index contributed by atoms with van der Waals surface area (Å²) in [7, 11) is 0. The standard InChI is InChI=1S/C24H26O2/c1-3-22(17-18(2)25)26-24-12-8-7-11-23(24)21-15-13-20(14-16-21)19-9-5-4-6-10-19/h4-16,18,22,25H,3,17H2,1-2H3. The van der Waals surface area contributed by atoms with Gasteiger partial charge in [-0.2, -0.15) is 0 Å². The molecule has 2 heteroatoms. The summed E-state index contributed by atoms with van der Waals surface area (Å²) in [5.41, 5.74) is 4.63. The van der Waals surface area contributed by atoms with Crippen LogP contribution in [0, 0.1) is 0 Å². The molecule has 0 heterocycles. The molecule has 3 aromatic carbocycles.